The molecule has 0 aromatic rings. The lowest BCUT2D eigenvalue weighted by molar-refractivity contribution is -0.141. The van der Waals surface area contributed by atoms with Crippen LogP contribution in [0.5, 0.6) is 0 Å². The van der Waals surface area contributed by atoms with E-state index < -0.39 is 29.7 Å². The summed E-state index contributed by atoms with van der Waals surface area (Å²) in [5, 5.41) is 20.3. The maximum absolute atomic E-state index is 11.3. The number of aliphatic hydroxyl groups excluding tert-OH is 1. The fraction of sp³-hybridized carbons (Fsp3) is 0.300. The first-order chi connectivity index (χ1) is 7.41. The summed E-state index contributed by atoms with van der Waals surface area (Å²) < 4.78 is 0. The second kappa shape index (κ2) is 4.71. The molecule has 0 amide bonds. The summed E-state index contributed by atoms with van der Waals surface area (Å²) in [4.78, 5) is 33.0. The minimum Gasteiger partial charge on any atom is -0.480 e. The average molecular weight is 225 g/mol. The van der Waals surface area contributed by atoms with Crippen LogP contribution in [0.4, 0.5) is 0 Å². The maximum atomic E-state index is 11.3. The molecule has 16 heavy (non-hydrogen) atoms. The van der Waals surface area contributed by atoms with Crippen LogP contribution in [-0.2, 0) is 14.4 Å². The van der Waals surface area contributed by atoms with Crippen molar-refractivity contribution in [2.24, 2.45) is 0 Å². The van der Waals surface area contributed by atoms with Crippen molar-refractivity contribution in [3.8, 4) is 0 Å². The van der Waals surface area contributed by atoms with Crippen LogP contribution in [0, 0.1) is 0 Å². The van der Waals surface area contributed by atoms with Gasteiger partial charge in [-0.1, -0.05) is 0 Å². The number of allylic oxidation sites excluding steroid dienone is 3. The monoisotopic (exact) mass is 225 g/mol. The van der Waals surface area contributed by atoms with Crippen LogP contribution < -0.4 is 5.32 Å². The summed E-state index contributed by atoms with van der Waals surface area (Å²) in [5.41, 5.74) is -0.124. The van der Waals surface area contributed by atoms with Gasteiger partial charge in [0.05, 0.1) is 11.8 Å². The molecule has 1 rings (SSSR count). The number of nitrogens with one attached hydrogen (secondary N) is 1. The Hall–Kier alpha value is -1.95. The Morgan fingerprint density at radius 1 is 1.38 bits per heavy atom. The van der Waals surface area contributed by atoms with E-state index in [2.05, 4.69) is 5.32 Å². The van der Waals surface area contributed by atoms with E-state index in [4.69, 9.17) is 5.11 Å². The average Bonchev–Trinajstić information content (AvgIpc) is 2.18. The van der Waals surface area contributed by atoms with Gasteiger partial charge in [0.1, 0.15) is 0 Å². The van der Waals surface area contributed by atoms with Crippen molar-refractivity contribution in [2.45, 2.75) is 19.1 Å². The molecule has 0 bridgehead atoms. The van der Waals surface area contributed by atoms with Crippen LogP contribution in [0.3, 0.4) is 0 Å². The second-order valence-electron chi connectivity index (χ2n) is 3.36. The Balaban J connectivity index is 2.83. The molecule has 1 aliphatic carbocycles. The number of aliphatic carboxylic acids is 1. The van der Waals surface area contributed by atoms with Gasteiger partial charge >= 0.3 is 5.97 Å². The molecule has 0 aliphatic heterocycles. The summed E-state index contributed by atoms with van der Waals surface area (Å²) in [6.07, 6.45) is 1.95. The topological polar surface area (TPSA) is 104 Å². The van der Waals surface area contributed by atoms with Crippen LogP contribution >= 0.6 is 0 Å². The van der Waals surface area contributed by atoms with Gasteiger partial charge < -0.3 is 15.5 Å². The van der Waals surface area contributed by atoms with E-state index >= 15 is 0 Å². The number of hydrogen-bond acceptors (Lipinski definition) is 5. The van der Waals surface area contributed by atoms with Gasteiger partial charge in [0.2, 0.25) is 5.78 Å². The fourth-order valence-corrected chi connectivity index (χ4v) is 1.18. The van der Waals surface area contributed by atoms with E-state index in [9.17, 15) is 19.5 Å². The zero-order valence-electron chi connectivity index (χ0n) is 8.51. The lowest BCUT2D eigenvalue weighted by atomic mass is 10.1. The van der Waals surface area contributed by atoms with Crippen molar-refractivity contribution >= 4 is 17.5 Å². The van der Waals surface area contributed by atoms with Gasteiger partial charge in [0.15, 0.2) is 11.8 Å². The third kappa shape index (κ3) is 2.77. The molecule has 0 spiro atoms. The molecule has 0 aromatic carbocycles. The molecule has 0 saturated carbocycles. The van der Waals surface area contributed by atoms with Crippen LogP contribution in [0.1, 0.15) is 6.92 Å². The predicted octanol–water partition coefficient (Wildman–Crippen LogP) is -0.998. The Labute approximate surface area is 91.3 Å². The van der Waals surface area contributed by atoms with Crippen molar-refractivity contribution in [1.82, 2.24) is 5.32 Å². The largest absolute Gasteiger partial charge is 0.480 e. The number of carboxylic acids is 1. The molecule has 0 radical (unpaired) electrons. The molecule has 0 aromatic heterocycles. The first-order valence-corrected chi connectivity index (χ1v) is 4.57. The maximum Gasteiger partial charge on any atom is 0.328 e. The summed E-state index contributed by atoms with van der Waals surface area (Å²) >= 11 is 0. The number of carbonyl (C=O) groups is 3. The molecule has 1 aliphatic rings. The highest BCUT2D eigenvalue weighted by molar-refractivity contribution is 6.17. The molecular formula is C10H11NO5. The number of carboxylic acid groups (broad SMARTS) is 1. The van der Waals surface area contributed by atoms with Crippen LogP contribution in [0.25, 0.3) is 0 Å². The number of aliphatic hydroxyl groups is 1. The van der Waals surface area contributed by atoms with Crippen molar-refractivity contribution in [3.63, 3.8) is 0 Å². The highest BCUT2D eigenvalue weighted by Crippen LogP contribution is 2.05. The number of hydrogen-bond donors (Lipinski definition) is 3. The molecule has 6 heteroatoms. The van der Waals surface area contributed by atoms with Crippen LogP contribution in [0.2, 0.25) is 0 Å². The van der Waals surface area contributed by atoms with Crippen molar-refractivity contribution in [2.75, 3.05) is 0 Å². The molecule has 3 N–H and O–H groups in total. The minimum atomic E-state index is -1.32. The van der Waals surface area contributed by atoms with Gasteiger partial charge in [0, 0.05) is 6.08 Å². The smallest absolute Gasteiger partial charge is 0.328 e. The normalized spacial score (nSPS) is 19.0. The quantitative estimate of drug-likeness (QED) is 0.530. The third-order valence-corrected chi connectivity index (χ3v) is 2.01. The molecule has 6 nitrogen and oxygen atoms in total. The fourth-order valence-electron chi connectivity index (χ4n) is 1.18. The van der Waals surface area contributed by atoms with Crippen molar-refractivity contribution in [3.05, 3.63) is 23.9 Å². The molecule has 1 unspecified atom stereocenters. The first-order valence-electron chi connectivity index (χ1n) is 4.57. The second-order valence-corrected chi connectivity index (χ2v) is 3.36. The predicted molar refractivity (Wildman–Crippen MR) is 53.5 cm³/mol. The van der Waals surface area contributed by atoms with Gasteiger partial charge in [-0.2, -0.15) is 0 Å². The molecule has 0 saturated heterocycles. The number of rotatable bonds is 4. The van der Waals surface area contributed by atoms with E-state index in [1.54, 1.807) is 0 Å². The number of ketones is 2. The highest BCUT2D eigenvalue weighted by Gasteiger charge is 2.26. The Morgan fingerprint density at radius 3 is 2.50 bits per heavy atom. The van der Waals surface area contributed by atoms with E-state index in [0.29, 0.717) is 0 Å². The molecular weight excluding hydrogens is 214 g/mol. The zero-order valence-corrected chi connectivity index (χ0v) is 8.51. The molecule has 86 valence electrons. The minimum absolute atomic E-state index is 0.124. The van der Waals surface area contributed by atoms with E-state index in [1.807, 2.05) is 0 Å². The molecule has 0 heterocycles. The Kier molecular flexibility index (Phi) is 3.57. The third-order valence-electron chi connectivity index (χ3n) is 2.01. The lowest BCUT2D eigenvalue weighted by Crippen LogP contribution is -2.45. The SMILES string of the molecule is CC(O)[C@H](NC1=CC(=O)C=CC1=O)C(=O)O. The first kappa shape index (κ1) is 12.1. The van der Waals surface area contributed by atoms with Gasteiger partial charge in [-0.15, -0.1) is 0 Å². The van der Waals surface area contributed by atoms with Gasteiger partial charge in [-0.25, -0.2) is 4.79 Å². The van der Waals surface area contributed by atoms with Gasteiger partial charge in [-0.3, -0.25) is 9.59 Å². The van der Waals surface area contributed by atoms with Gasteiger partial charge in [-0.05, 0) is 19.1 Å². The summed E-state index contributed by atoms with van der Waals surface area (Å²) in [5.74, 6) is -2.20. The summed E-state index contributed by atoms with van der Waals surface area (Å²) in [6.45, 7) is 1.28. The van der Waals surface area contributed by atoms with E-state index in [-0.39, 0.29) is 5.70 Å². The molecule has 0 fully saturated rings. The Morgan fingerprint density at radius 2 is 2.00 bits per heavy atom. The lowest BCUT2D eigenvalue weighted by Gasteiger charge is -2.19. The standard InChI is InChI=1S/C10H11NO5/c1-5(12)9(10(15)16)11-7-4-6(13)2-3-8(7)14/h2-5,9,11-12H,1H3,(H,15,16)/t5?,9-/m0/s1. The summed E-state index contributed by atoms with van der Waals surface area (Å²) in [7, 11) is 0. The van der Waals surface area contributed by atoms with Crippen LogP contribution in [-0.4, -0.2) is 39.9 Å². The zero-order chi connectivity index (χ0) is 12.3. The van der Waals surface area contributed by atoms with Crippen LogP contribution in [0.15, 0.2) is 23.9 Å². The van der Waals surface area contributed by atoms with Crippen molar-refractivity contribution < 1.29 is 24.6 Å². The molecule has 2 atom stereocenters. The summed E-state index contributed by atoms with van der Waals surface area (Å²) in [6, 6.07) is -1.32. The highest BCUT2D eigenvalue weighted by atomic mass is 16.4. The Bertz CT molecular complexity index is 394. The van der Waals surface area contributed by atoms with Crippen molar-refractivity contribution in [1.29, 1.82) is 0 Å². The van der Waals surface area contributed by atoms with Gasteiger partial charge in [0.25, 0.3) is 0 Å². The number of carbonyl (C=O) groups excluding carboxylic acids is 2. The van der Waals surface area contributed by atoms with E-state index in [1.165, 1.54) is 6.92 Å². The van der Waals surface area contributed by atoms with E-state index in [0.717, 1.165) is 18.2 Å².